The molecule has 2 heterocycles. The van der Waals surface area contributed by atoms with E-state index in [4.69, 9.17) is 14.2 Å². The predicted octanol–water partition coefficient (Wildman–Crippen LogP) is 2.33. The van der Waals surface area contributed by atoms with Crippen molar-refractivity contribution in [3.63, 3.8) is 0 Å². The highest BCUT2D eigenvalue weighted by atomic mass is 32.2. The Hall–Kier alpha value is -2.78. The van der Waals surface area contributed by atoms with E-state index >= 15 is 0 Å². The Morgan fingerprint density at radius 3 is 2.71 bits per heavy atom. The Morgan fingerprint density at radius 2 is 1.94 bits per heavy atom. The second-order valence-corrected chi connectivity index (χ2v) is 9.36. The van der Waals surface area contributed by atoms with Crippen LogP contribution >= 0.6 is 0 Å². The van der Waals surface area contributed by atoms with Gasteiger partial charge in [0, 0.05) is 25.7 Å². The van der Waals surface area contributed by atoms with Gasteiger partial charge in [0.1, 0.15) is 12.4 Å². The van der Waals surface area contributed by atoms with Gasteiger partial charge < -0.3 is 19.1 Å². The van der Waals surface area contributed by atoms with E-state index in [0.29, 0.717) is 17.2 Å². The van der Waals surface area contributed by atoms with Crippen LogP contribution in [0.4, 0.5) is 0 Å². The molecular formula is C22H26N2O6S. The first-order valence-corrected chi connectivity index (χ1v) is 11.8. The van der Waals surface area contributed by atoms with Crippen LogP contribution < -0.4 is 18.9 Å². The number of hydrogen-bond acceptors (Lipinski definition) is 6. The Bertz CT molecular complexity index is 1050. The molecule has 2 aliphatic heterocycles. The lowest BCUT2D eigenvalue weighted by atomic mass is 10.1. The van der Waals surface area contributed by atoms with Crippen molar-refractivity contribution in [2.24, 2.45) is 0 Å². The van der Waals surface area contributed by atoms with Crippen molar-refractivity contribution in [2.75, 3.05) is 26.8 Å². The molecule has 2 aliphatic rings. The standard InChI is InChI=1S/C22H26N2O6S/c1-28-17-7-5-6-16(12-17)14-23-31(26,27)18-8-9-19-20(13-18)29-15-21(30-19)22(25)24-10-3-2-4-11-24/h5-9,12-13,21,23H,2-4,10-11,14-15H2,1H3/t21-/m0/s1. The highest BCUT2D eigenvalue weighted by Crippen LogP contribution is 2.34. The molecule has 1 amide bonds. The van der Waals surface area contributed by atoms with Gasteiger partial charge in [-0.05, 0) is 49.1 Å². The number of benzene rings is 2. The van der Waals surface area contributed by atoms with E-state index in [-0.39, 0.29) is 24.0 Å². The fourth-order valence-electron chi connectivity index (χ4n) is 3.70. The summed E-state index contributed by atoms with van der Waals surface area (Å²) in [6.07, 6.45) is 2.43. The van der Waals surface area contributed by atoms with Gasteiger partial charge in [-0.1, -0.05) is 12.1 Å². The van der Waals surface area contributed by atoms with Crippen LogP contribution in [0.1, 0.15) is 24.8 Å². The number of sulfonamides is 1. The van der Waals surface area contributed by atoms with E-state index in [1.54, 1.807) is 25.3 Å². The van der Waals surface area contributed by atoms with Crippen molar-refractivity contribution in [1.82, 2.24) is 9.62 Å². The van der Waals surface area contributed by atoms with Gasteiger partial charge >= 0.3 is 0 Å². The molecule has 0 aliphatic carbocycles. The molecule has 0 radical (unpaired) electrons. The zero-order valence-electron chi connectivity index (χ0n) is 17.4. The average molecular weight is 447 g/mol. The maximum Gasteiger partial charge on any atom is 0.267 e. The van der Waals surface area contributed by atoms with Crippen LogP contribution in [0.15, 0.2) is 47.4 Å². The highest BCUT2D eigenvalue weighted by Gasteiger charge is 2.32. The molecule has 2 aromatic carbocycles. The Kier molecular flexibility index (Phi) is 6.33. The molecule has 0 saturated carbocycles. The summed E-state index contributed by atoms with van der Waals surface area (Å²) in [6.45, 7) is 1.66. The van der Waals surface area contributed by atoms with Gasteiger partial charge in [-0.15, -0.1) is 0 Å². The summed E-state index contributed by atoms with van der Waals surface area (Å²) >= 11 is 0. The first-order valence-electron chi connectivity index (χ1n) is 10.3. The molecule has 0 aromatic heterocycles. The molecule has 0 spiro atoms. The summed E-state index contributed by atoms with van der Waals surface area (Å²) in [7, 11) is -2.20. The fourth-order valence-corrected chi connectivity index (χ4v) is 4.73. The lowest BCUT2D eigenvalue weighted by molar-refractivity contribution is -0.142. The second-order valence-electron chi connectivity index (χ2n) is 7.59. The monoisotopic (exact) mass is 446 g/mol. The van der Waals surface area contributed by atoms with Gasteiger partial charge in [0.25, 0.3) is 5.91 Å². The zero-order valence-corrected chi connectivity index (χ0v) is 18.2. The maximum atomic E-state index is 12.7. The summed E-state index contributed by atoms with van der Waals surface area (Å²) in [5, 5.41) is 0. The molecule has 1 N–H and O–H groups in total. The second kappa shape index (κ2) is 9.15. The Balaban J connectivity index is 1.42. The van der Waals surface area contributed by atoms with Gasteiger partial charge in [-0.25, -0.2) is 13.1 Å². The van der Waals surface area contributed by atoms with Crippen molar-refractivity contribution in [3.8, 4) is 17.2 Å². The van der Waals surface area contributed by atoms with Gasteiger partial charge in [-0.3, -0.25) is 4.79 Å². The quantitative estimate of drug-likeness (QED) is 0.732. The van der Waals surface area contributed by atoms with Crippen molar-refractivity contribution >= 4 is 15.9 Å². The summed E-state index contributed by atoms with van der Waals surface area (Å²) in [4.78, 5) is 14.5. The lowest BCUT2D eigenvalue weighted by Crippen LogP contribution is -2.48. The van der Waals surface area contributed by atoms with E-state index < -0.39 is 16.1 Å². The highest BCUT2D eigenvalue weighted by molar-refractivity contribution is 7.89. The molecule has 166 valence electrons. The number of methoxy groups -OCH3 is 1. The molecule has 31 heavy (non-hydrogen) atoms. The zero-order chi connectivity index (χ0) is 21.8. The number of nitrogens with one attached hydrogen (secondary N) is 1. The van der Waals surface area contributed by atoms with Crippen molar-refractivity contribution < 1.29 is 27.4 Å². The molecule has 0 bridgehead atoms. The summed E-state index contributed by atoms with van der Waals surface area (Å²) in [5.74, 6) is 1.26. The largest absolute Gasteiger partial charge is 0.497 e. The number of piperidine rings is 1. The third-order valence-corrected chi connectivity index (χ3v) is 6.83. The average Bonchev–Trinajstić information content (AvgIpc) is 2.82. The van der Waals surface area contributed by atoms with E-state index in [1.807, 2.05) is 11.0 Å². The summed E-state index contributed by atoms with van der Waals surface area (Å²) in [5.41, 5.74) is 0.777. The van der Waals surface area contributed by atoms with E-state index in [0.717, 1.165) is 37.9 Å². The van der Waals surface area contributed by atoms with Crippen molar-refractivity contribution in [1.29, 1.82) is 0 Å². The predicted molar refractivity (Wildman–Crippen MR) is 114 cm³/mol. The van der Waals surface area contributed by atoms with Gasteiger partial charge in [0.05, 0.1) is 12.0 Å². The number of ether oxygens (including phenoxy) is 3. The van der Waals surface area contributed by atoms with E-state index in [2.05, 4.69) is 4.72 Å². The van der Waals surface area contributed by atoms with Crippen LogP contribution in [0, 0.1) is 0 Å². The normalized spacial score (nSPS) is 18.5. The number of carbonyl (C=O) groups is 1. The minimum atomic E-state index is -3.76. The molecule has 2 aromatic rings. The first kappa shape index (κ1) is 21.5. The van der Waals surface area contributed by atoms with Crippen LogP contribution in [-0.4, -0.2) is 52.1 Å². The molecule has 1 fully saturated rings. The fraction of sp³-hybridized carbons (Fsp3) is 0.409. The number of nitrogens with zero attached hydrogens (tertiary/aromatic N) is 1. The third kappa shape index (κ3) is 4.94. The van der Waals surface area contributed by atoms with Crippen molar-refractivity contribution in [2.45, 2.75) is 36.8 Å². The van der Waals surface area contributed by atoms with Crippen LogP contribution in [0.5, 0.6) is 17.2 Å². The summed E-state index contributed by atoms with van der Waals surface area (Å²) in [6, 6.07) is 11.6. The van der Waals surface area contributed by atoms with Gasteiger partial charge in [-0.2, -0.15) is 0 Å². The van der Waals surface area contributed by atoms with Crippen LogP contribution in [0.25, 0.3) is 0 Å². The Labute approximate surface area is 182 Å². The van der Waals surface area contributed by atoms with Crippen LogP contribution in [0.2, 0.25) is 0 Å². The Morgan fingerprint density at radius 1 is 1.13 bits per heavy atom. The molecule has 9 heteroatoms. The summed E-state index contributed by atoms with van der Waals surface area (Å²) < 4.78 is 44.7. The minimum absolute atomic E-state index is 0.0586. The molecule has 8 nitrogen and oxygen atoms in total. The molecule has 4 rings (SSSR count). The first-order chi connectivity index (χ1) is 15.0. The third-order valence-electron chi connectivity index (χ3n) is 5.43. The number of likely N-dealkylation sites (tertiary alicyclic amines) is 1. The molecule has 1 saturated heterocycles. The van der Waals surface area contributed by atoms with Gasteiger partial charge in [0.2, 0.25) is 16.1 Å². The van der Waals surface area contributed by atoms with Gasteiger partial charge in [0.15, 0.2) is 11.5 Å². The SMILES string of the molecule is COc1cccc(CNS(=O)(=O)c2ccc3c(c2)OC[C@@H](C(=O)N2CCCCC2)O3)c1. The smallest absolute Gasteiger partial charge is 0.267 e. The topological polar surface area (TPSA) is 94.2 Å². The lowest BCUT2D eigenvalue weighted by Gasteiger charge is -2.32. The molecule has 0 unspecified atom stereocenters. The number of rotatable bonds is 6. The van der Waals surface area contributed by atoms with Crippen LogP contribution in [0.3, 0.4) is 0 Å². The van der Waals surface area contributed by atoms with E-state index in [1.165, 1.54) is 18.2 Å². The van der Waals surface area contributed by atoms with E-state index in [9.17, 15) is 13.2 Å². The van der Waals surface area contributed by atoms with Crippen molar-refractivity contribution in [3.05, 3.63) is 48.0 Å². The molecular weight excluding hydrogens is 420 g/mol. The van der Waals surface area contributed by atoms with Crippen LogP contribution in [-0.2, 0) is 21.4 Å². The number of hydrogen-bond donors (Lipinski definition) is 1. The number of carbonyl (C=O) groups excluding carboxylic acids is 1. The number of fused-ring (bicyclic) bond motifs is 1. The minimum Gasteiger partial charge on any atom is -0.497 e. The maximum absolute atomic E-state index is 12.7. The molecule has 1 atom stereocenters. The number of amides is 1.